The molecule has 2 heterocycles. The summed E-state index contributed by atoms with van der Waals surface area (Å²) in [6.07, 6.45) is 0.571. The smallest absolute Gasteiger partial charge is 0.337 e. The van der Waals surface area contributed by atoms with Crippen molar-refractivity contribution in [1.82, 2.24) is 14.7 Å². The molecule has 154 valence electrons. The van der Waals surface area contributed by atoms with Crippen LogP contribution in [0.1, 0.15) is 34.5 Å². The highest BCUT2D eigenvalue weighted by Crippen LogP contribution is 2.35. The maximum Gasteiger partial charge on any atom is 0.337 e. The van der Waals surface area contributed by atoms with Gasteiger partial charge in [0.1, 0.15) is 4.90 Å². The zero-order valence-electron chi connectivity index (χ0n) is 16.8. The van der Waals surface area contributed by atoms with Crippen molar-refractivity contribution < 1.29 is 22.5 Å². The number of sulfonamides is 1. The zero-order chi connectivity index (χ0) is 21.3. The molecule has 3 rings (SSSR count). The quantitative estimate of drug-likeness (QED) is 0.612. The van der Waals surface area contributed by atoms with E-state index in [1.165, 1.54) is 31.4 Å². The number of rotatable bonds is 6. The molecule has 0 aliphatic carbocycles. The second kappa shape index (κ2) is 7.70. The molecule has 0 fully saturated rings. The summed E-state index contributed by atoms with van der Waals surface area (Å²) in [4.78, 5) is 15.9. The van der Waals surface area contributed by atoms with Gasteiger partial charge in [0, 0.05) is 30.5 Å². The van der Waals surface area contributed by atoms with Crippen molar-refractivity contribution in [3.05, 3.63) is 47.0 Å². The van der Waals surface area contributed by atoms with Gasteiger partial charge in [0.25, 0.3) is 15.9 Å². The lowest BCUT2D eigenvalue weighted by molar-refractivity contribution is 0.0600. The third kappa shape index (κ3) is 3.75. The summed E-state index contributed by atoms with van der Waals surface area (Å²) in [5.74, 6) is 0.152. The van der Waals surface area contributed by atoms with Crippen molar-refractivity contribution in [1.29, 1.82) is 0 Å². The molecule has 0 spiro atoms. The molecule has 3 aromatic rings. The number of aromatic nitrogens is 3. The normalized spacial score (nSPS) is 11.5. The number of carbonyl (C=O) groups excluding carboxylic acids is 1. The lowest BCUT2D eigenvalue weighted by atomic mass is 10.2. The van der Waals surface area contributed by atoms with E-state index in [4.69, 9.17) is 4.52 Å². The number of hydrogen-bond donors (Lipinski definition) is 1. The van der Waals surface area contributed by atoms with E-state index in [9.17, 15) is 13.2 Å². The van der Waals surface area contributed by atoms with E-state index in [-0.39, 0.29) is 10.8 Å². The predicted molar refractivity (Wildman–Crippen MR) is 106 cm³/mol. The van der Waals surface area contributed by atoms with Crippen LogP contribution in [-0.2, 0) is 28.2 Å². The molecule has 0 aliphatic rings. The summed E-state index contributed by atoms with van der Waals surface area (Å²) in [5.41, 5.74) is 2.23. The first kappa shape index (κ1) is 20.6. The summed E-state index contributed by atoms with van der Waals surface area (Å²) < 4.78 is 40.7. The predicted octanol–water partition coefficient (Wildman–Crippen LogP) is 2.84. The Labute approximate surface area is 168 Å². The van der Waals surface area contributed by atoms with Crippen LogP contribution in [0.4, 0.5) is 5.69 Å². The minimum absolute atomic E-state index is 0.0702. The van der Waals surface area contributed by atoms with Gasteiger partial charge in [0.15, 0.2) is 5.82 Å². The van der Waals surface area contributed by atoms with Crippen LogP contribution in [-0.4, -0.2) is 36.2 Å². The molecule has 0 saturated heterocycles. The van der Waals surface area contributed by atoms with Crippen LogP contribution < -0.4 is 4.72 Å². The number of benzene rings is 1. The number of esters is 1. The average Bonchev–Trinajstić information content (AvgIpc) is 3.26. The van der Waals surface area contributed by atoms with Crippen molar-refractivity contribution in [3.63, 3.8) is 0 Å². The van der Waals surface area contributed by atoms with Crippen molar-refractivity contribution in [2.75, 3.05) is 11.8 Å². The first-order valence-corrected chi connectivity index (χ1v) is 10.4. The van der Waals surface area contributed by atoms with Gasteiger partial charge in [0.05, 0.1) is 18.2 Å². The number of methoxy groups -OCH3 is 1. The highest BCUT2D eigenvalue weighted by atomic mass is 32.2. The first-order chi connectivity index (χ1) is 13.7. The minimum atomic E-state index is -3.98. The lowest BCUT2D eigenvalue weighted by Gasteiger charge is -2.10. The average molecular weight is 418 g/mol. The Morgan fingerprint density at radius 3 is 2.41 bits per heavy atom. The number of nitrogens with zero attached hydrogens (tertiary/aromatic N) is 3. The van der Waals surface area contributed by atoms with E-state index >= 15 is 0 Å². The molecule has 10 heteroatoms. The molecule has 9 nitrogen and oxygen atoms in total. The topological polar surface area (TPSA) is 116 Å². The van der Waals surface area contributed by atoms with Gasteiger partial charge in [0.2, 0.25) is 0 Å². The molecule has 0 amide bonds. The molecular weight excluding hydrogens is 396 g/mol. The highest BCUT2D eigenvalue weighted by Gasteiger charge is 2.31. The Balaban J connectivity index is 2.05. The first-order valence-electron chi connectivity index (χ1n) is 8.89. The molecule has 2 aromatic heterocycles. The van der Waals surface area contributed by atoms with Crippen molar-refractivity contribution in [3.8, 4) is 11.5 Å². The Hall–Kier alpha value is -3.14. The van der Waals surface area contributed by atoms with E-state index in [2.05, 4.69) is 19.6 Å². The van der Waals surface area contributed by atoms with Crippen molar-refractivity contribution >= 4 is 21.7 Å². The molecule has 0 radical (unpaired) electrons. The molecular formula is C19H22N4O5S. The molecule has 0 atom stereocenters. The standard InChI is InChI=1S/C19H22N4O5S/c1-6-15-20-18(28-21-15)16-11(2)23(4)12(3)17(16)29(25,26)22-14-9-7-13(8-10-14)19(24)27-5/h7-10,22H,6H2,1-5H3. The fourth-order valence-corrected chi connectivity index (χ4v) is 4.57. The van der Waals surface area contributed by atoms with Gasteiger partial charge >= 0.3 is 5.97 Å². The molecule has 0 saturated carbocycles. The number of nitrogens with one attached hydrogen (secondary N) is 1. The Morgan fingerprint density at radius 2 is 1.86 bits per heavy atom. The Bertz CT molecular complexity index is 1160. The molecule has 0 bridgehead atoms. The van der Waals surface area contributed by atoms with Crippen LogP contribution in [0.2, 0.25) is 0 Å². The van der Waals surface area contributed by atoms with E-state index < -0.39 is 16.0 Å². The SMILES string of the molecule is CCc1noc(-c2c(S(=O)(=O)Nc3ccc(C(=O)OC)cc3)c(C)n(C)c2C)n1. The number of aryl methyl sites for hydroxylation is 1. The third-order valence-corrected chi connectivity index (χ3v) is 6.29. The molecule has 0 aliphatic heterocycles. The van der Waals surface area contributed by atoms with Gasteiger partial charge in [-0.1, -0.05) is 12.1 Å². The van der Waals surface area contributed by atoms with Crippen LogP contribution in [0.3, 0.4) is 0 Å². The van der Waals surface area contributed by atoms with Gasteiger partial charge in [-0.25, -0.2) is 13.2 Å². The monoisotopic (exact) mass is 418 g/mol. The van der Waals surface area contributed by atoms with Crippen LogP contribution in [0.5, 0.6) is 0 Å². The molecule has 1 aromatic carbocycles. The van der Waals surface area contributed by atoms with Crippen LogP contribution in [0, 0.1) is 13.8 Å². The van der Waals surface area contributed by atoms with E-state index in [1.54, 1.807) is 25.5 Å². The maximum absolute atomic E-state index is 13.2. The number of carbonyl (C=O) groups is 1. The fraction of sp³-hybridized carbons (Fsp3) is 0.316. The maximum atomic E-state index is 13.2. The summed E-state index contributed by atoms with van der Waals surface area (Å²) >= 11 is 0. The Morgan fingerprint density at radius 1 is 1.21 bits per heavy atom. The minimum Gasteiger partial charge on any atom is -0.465 e. The van der Waals surface area contributed by atoms with Gasteiger partial charge < -0.3 is 13.8 Å². The van der Waals surface area contributed by atoms with E-state index in [1.807, 2.05) is 6.92 Å². The third-order valence-electron chi connectivity index (χ3n) is 4.75. The molecule has 0 unspecified atom stereocenters. The highest BCUT2D eigenvalue weighted by molar-refractivity contribution is 7.93. The number of ether oxygens (including phenoxy) is 1. The second-order valence-electron chi connectivity index (χ2n) is 6.48. The van der Waals surface area contributed by atoms with Crippen LogP contribution in [0.15, 0.2) is 33.7 Å². The summed E-state index contributed by atoms with van der Waals surface area (Å²) in [7, 11) is -0.922. The number of anilines is 1. The summed E-state index contributed by atoms with van der Waals surface area (Å²) in [6, 6.07) is 5.96. The van der Waals surface area contributed by atoms with E-state index in [0.29, 0.717) is 40.4 Å². The van der Waals surface area contributed by atoms with Crippen molar-refractivity contribution in [2.45, 2.75) is 32.1 Å². The number of hydrogen-bond acceptors (Lipinski definition) is 7. The van der Waals surface area contributed by atoms with Crippen LogP contribution >= 0.6 is 0 Å². The largest absolute Gasteiger partial charge is 0.465 e. The molecule has 29 heavy (non-hydrogen) atoms. The molecule has 1 N–H and O–H groups in total. The van der Waals surface area contributed by atoms with Crippen molar-refractivity contribution in [2.24, 2.45) is 7.05 Å². The van der Waals surface area contributed by atoms with Crippen LogP contribution in [0.25, 0.3) is 11.5 Å². The van der Waals surface area contributed by atoms with Gasteiger partial charge in [-0.15, -0.1) is 0 Å². The van der Waals surface area contributed by atoms with Gasteiger partial charge in [-0.3, -0.25) is 4.72 Å². The van der Waals surface area contributed by atoms with Gasteiger partial charge in [-0.05, 0) is 38.1 Å². The second-order valence-corrected chi connectivity index (χ2v) is 8.10. The zero-order valence-corrected chi connectivity index (χ0v) is 17.6. The lowest BCUT2D eigenvalue weighted by Crippen LogP contribution is -2.15. The van der Waals surface area contributed by atoms with E-state index in [0.717, 1.165) is 0 Å². The van der Waals surface area contributed by atoms with Gasteiger partial charge in [-0.2, -0.15) is 4.98 Å². The summed E-state index contributed by atoms with van der Waals surface area (Å²) in [6.45, 7) is 5.39. The Kier molecular flexibility index (Phi) is 5.47. The fourth-order valence-electron chi connectivity index (χ4n) is 2.99. The summed E-state index contributed by atoms with van der Waals surface area (Å²) in [5, 5.41) is 3.88.